The molecule has 0 saturated heterocycles. The molecule has 0 spiro atoms. The molecule has 1 N–H and O–H groups in total. The molecule has 0 bridgehead atoms. The van der Waals surface area contributed by atoms with Crippen molar-refractivity contribution in [2.24, 2.45) is 5.92 Å². The van der Waals surface area contributed by atoms with Gasteiger partial charge in [0.2, 0.25) is 5.91 Å². The fourth-order valence-corrected chi connectivity index (χ4v) is 5.12. The van der Waals surface area contributed by atoms with Gasteiger partial charge in [-0.3, -0.25) is 4.79 Å². The summed E-state index contributed by atoms with van der Waals surface area (Å²) in [6.07, 6.45) is 4.01. The number of amides is 3. The summed E-state index contributed by atoms with van der Waals surface area (Å²) < 4.78 is 6.18. The van der Waals surface area contributed by atoms with Crippen molar-refractivity contribution < 1.29 is 14.3 Å². The summed E-state index contributed by atoms with van der Waals surface area (Å²) in [5, 5.41) is 5.04. The SMILES string of the molecule is CCCNC(=O)N(CC(=O)N1CCc2sccc2[C@H]1COc1ccccc1C)CC1CC1. The van der Waals surface area contributed by atoms with Crippen LogP contribution in [0.4, 0.5) is 4.79 Å². The van der Waals surface area contributed by atoms with E-state index in [2.05, 4.69) is 16.8 Å². The van der Waals surface area contributed by atoms with Crippen LogP contribution in [0.1, 0.15) is 48.2 Å². The largest absolute Gasteiger partial charge is 0.491 e. The van der Waals surface area contributed by atoms with Gasteiger partial charge in [-0.2, -0.15) is 0 Å². The first-order chi connectivity index (χ1) is 15.6. The number of urea groups is 1. The molecule has 1 saturated carbocycles. The molecular formula is C25H33N3O3S. The topological polar surface area (TPSA) is 61.9 Å². The van der Waals surface area contributed by atoms with Gasteiger partial charge in [0.25, 0.3) is 0 Å². The highest BCUT2D eigenvalue weighted by Gasteiger charge is 2.35. The van der Waals surface area contributed by atoms with Crippen molar-refractivity contribution in [3.8, 4) is 5.75 Å². The van der Waals surface area contributed by atoms with Crippen molar-refractivity contribution in [3.63, 3.8) is 0 Å². The van der Waals surface area contributed by atoms with Crippen LogP contribution in [0.3, 0.4) is 0 Å². The predicted molar refractivity (Wildman–Crippen MR) is 127 cm³/mol. The number of aryl methyl sites for hydroxylation is 1. The lowest BCUT2D eigenvalue weighted by Gasteiger charge is -2.37. The lowest BCUT2D eigenvalue weighted by atomic mass is 10.0. The van der Waals surface area contributed by atoms with E-state index < -0.39 is 0 Å². The molecule has 2 aliphatic rings. The van der Waals surface area contributed by atoms with Crippen LogP contribution in [-0.2, 0) is 11.2 Å². The summed E-state index contributed by atoms with van der Waals surface area (Å²) in [6, 6.07) is 9.79. The van der Waals surface area contributed by atoms with Crippen LogP contribution in [0.25, 0.3) is 0 Å². The third-order valence-electron chi connectivity index (χ3n) is 6.22. The fourth-order valence-electron chi connectivity index (χ4n) is 4.19. The lowest BCUT2D eigenvalue weighted by molar-refractivity contribution is -0.135. The molecule has 7 heteroatoms. The van der Waals surface area contributed by atoms with Crippen LogP contribution >= 0.6 is 11.3 Å². The number of benzene rings is 1. The Balaban J connectivity index is 1.48. The minimum Gasteiger partial charge on any atom is -0.491 e. The third-order valence-corrected chi connectivity index (χ3v) is 7.22. The van der Waals surface area contributed by atoms with Gasteiger partial charge in [-0.15, -0.1) is 11.3 Å². The number of thiophene rings is 1. The van der Waals surface area contributed by atoms with E-state index in [1.807, 2.05) is 43.0 Å². The van der Waals surface area contributed by atoms with Gasteiger partial charge in [0.15, 0.2) is 0 Å². The molecule has 1 aromatic heterocycles. The van der Waals surface area contributed by atoms with E-state index in [1.165, 1.54) is 10.4 Å². The molecule has 0 radical (unpaired) electrons. The summed E-state index contributed by atoms with van der Waals surface area (Å²) in [6.45, 7) is 6.52. The van der Waals surface area contributed by atoms with Crippen LogP contribution in [0.2, 0.25) is 0 Å². The standard InChI is InChI=1S/C25H33N3O3S/c1-3-12-26-25(30)27(15-19-8-9-19)16-24(29)28-13-10-23-20(11-14-32-23)21(28)17-31-22-7-5-4-6-18(22)2/h4-7,11,14,19,21H,3,8-10,12-13,15-17H2,1-2H3,(H,26,30)/t21-/m1/s1. The number of carbonyl (C=O) groups is 2. The van der Waals surface area contributed by atoms with Crippen molar-refractivity contribution in [2.75, 3.05) is 32.8 Å². The number of para-hydroxylation sites is 1. The van der Waals surface area contributed by atoms with E-state index in [1.54, 1.807) is 16.2 Å². The smallest absolute Gasteiger partial charge is 0.317 e. The number of ether oxygens (including phenoxy) is 1. The van der Waals surface area contributed by atoms with Crippen LogP contribution < -0.4 is 10.1 Å². The van der Waals surface area contributed by atoms with Gasteiger partial charge < -0.3 is 19.9 Å². The summed E-state index contributed by atoms with van der Waals surface area (Å²) in [4.78, 5) is 31.1. The van der Waals surface area contributed by atoms with Crippen molar-refractivity contribution in [2.45, 2.75) is 45.6 Å². The molecule has 2 heterocycles. The van der Waals surface area contributed by atoms with Gasteiger partial charge >= 0.3 is 6.03 Å². The van der Waals surface area contributed by atoms with Gasteiger partial charge in [-0.1, -0.05) is 25.1 Å². The maximum atomic E-state index is 13.5. The average Bonchev–Trinajstić information content (AvgIpc) is 3.48. The zero-order chi connectivity index (χ0) is 22.5. The highest BCUT2D eigenvalue weighted by Crippen LogP contribution is 2.35. The Morgan fingerprint density at radius 1 is 1.25 bits per heavy atom. The molecular weight excluding hydrogens is 422 g/mol. The second-order valence-electron chi connectivity index (χ2n) is 8.78. The third kappa shape index (κ3) is 5.44. The predicted octanol–water partition coefficient (Wildman–Crippen LogP) is 4.39. The van der Waals surface area contributed by atoms with E-state index in [4.69, 9.17) is 4.74 Å². The summed E-state index contributed by atoms with van der Waals surface area (Å²) in [5.74, 6) is 1.37. The number of carbonyl (C=O) groups excluding carboxylic acids is 2. The van der Waals surface area contributed by atoms with Gasteiger partial charge in [0.05, 0.1) is 6.04 Å². The van der Waals surface area contributed by atoms with E-state index in [9.17, 15) is 9.59 Å². The Labute approximate surface area is 194 Å². The van der Waals surface area contributed by atoms with Crippen LogP contribution in [0.15, 0.2) is 35.7 Å². The molecule has 3 amide bonds. The van der Waals surface area contributed by atoms with Gasteiger partial charge in [0.1, 0.15) is 18.9 Å². The van der Waals surface area contributed by atoms with Crippen molar-refractivity contribution in [1.82, 2.24) is 15.1 Å². The number of fused-ring (bicyclic) bond motifs is 1. The number of nitrogens with one attached hydrogen (secondary N) is 1. The summed E-state index contributed by atoms with van der Waals surface area (Å²) in [7, 11) is 0. The minimum atomic E-state index is -0.140. The molecule has 4 rings (SSSR count). The molecule has 32 heavy (non-hydrogen) atoms. The van der Waals surface area contributed by atoms with E-state index in [0.717, 1.165) is 37.0 Å². The monoisotopic (exact) mass is 455 g/mol. The molecule has 2 aromatic rings. The van der Waals surface area contributed by atoms with Gasteiger partial charge in [-0.05, 0) is 67.2 Å². The number of hydrogen-bond donors (Lipinski definition) is 1. The van der Waals surface area contributed by atoms with Crippen molar-refractivity contribution in [1.29, 1.82) is 0 Å². The Bertz CT molecular complexity index is 940. The first kappa shape index (κ1) is 22.6. The molecule has 6 nitrogen and oxygen atoms in total. The Morgan fingerprint density at radius 2 is 2.06 bits per heavy atom. The van der Waals surface area contributed by atoms with Crippen molar-refractivity contribution in [3.05, 3.63) is 51.7 Å². The maximum absolute atomic E-state index is 13.5. The van der Waals surface area contributed by atoms with Gasteiger partial charge in [-0.25, -0.2) is 4.79 Å². The zero-order valence-electron chi connectivity index (χ0n) is 19.0. The normalized spacial score (nSPS) is 17.6. The van der Waals surface area contributed by atoms with E-state index >= 15 is 0 Å². The molecule has 1 aromatic carbocycles. The minimum absolute atomic E-state index is 0.00691. The number of rotatable bonds is 9. The van der Waals surface area contributed by atoms with E-state index in [0.29, 0.717) is 32.2 Å². The Kier molecular flexibility index (Phi) is 7.35. The summed E-state index contributed by atoms with van der Waals surface area (Å²) >= 11 is 1.74. The molecule has 1 fully saturated rings. The van der Waals surface area contributed by atoms with E-state index in [-0.39, 0.29) is 24.5 Å². The lowest BCUT2D eigenvalue weighted by Crippen LogP contribution is -2.50. The number of hydrogen-bond acceptors (Lipinski definition) is 4. The highest BCUT2D eigenvalue weighted by atomic mass is 32.1. The average molecular weight is 456 g/mol. The Morgan fingerprint density at radius 3 is 2.81 bits per heavy atom. The number of nitrogens with zero attached hydrogens (tertiary/aromatic N) is 2. The molecule has 1 aliphatic heterocycles. The van der Waals surface area contributed by atoms with Crippen LogP contribution in [-0.4, -0.2) is 54.5 Å². The first-order valence-electron chi connectivity index (χ1n) is 11.6. The quantitative estimate of drug-likeness (QED) is 0.610. The van der Waals surface area contributed by atoms with Crippen LogP contribution in [0, 0.1) is 12.8 Å². The Hall–Kier alpha value is -2.54. The summed E-state index contributed by atoms with van der Waals surface area (Å²) in [5.41, 5.74) is 2.25. The fraction of sp³-hybridized carbons (Fsp3) is 0.520. The molecule has 1 aliphatic carbocycles. The maximum Gasteiger partial charge on any atom is 0.317 e. The molecule has 1 atom stereocenters. The molecule has 172 valence electrons. The van der Waals surface area contributed by atoms with Crippen LogP contribution in [0.5, 0.6) is 5.75 Å². The second kappa shape index (κ2) is 10.4. The first-order valence-corrected chi connectivity index (χ1v) is 12.5. The molecule has 0 unspecified atom stereocenters. The van der Waals surface area contributed by atoms with Gasteiger partial charge in [0, 0.05) is 24.5 Å². The second-order valence-corrected chi connectivity index (χ2v) is 9.79. The highest BCUT2D eigenvalue weighted by molar-refractivity contribution is 7.10. The zero-order valence-corrected chi connectivity index (χ0v) is 19.8. The van der Waals surface area contributed by atoms with Crippen molar-refractivity contribution >= 4 is 23.3 Å².